The van der Waals surface area contributed by atoms with Crippen LogP contribution in [0.5, 0.6) is 5.75 Å². The Kier molecular flexibility index (Phi) is 3.82. The number of benzene rings is 1. The van der Waals surface area contributed by atoms with Crippen LogP contribution in [0.3, 0.4) is 0 Å². The van der Waals surface area contributed by atoms with E-state index in [0.717, 1.165) is 5.56 Å². The van der Waals surface area contributed by atoms with E-state index in [0.29, 0.717) is 18.9 Å². The third-order valence-electron chi connectivity index (χ3n) is 3.17. The third kappa shape index (κ3) is 2.90. The number of halogens is 1. The molecule has 1 aromatic carbocycles. The highest BCUT2D eigenvalue weighted by molar-refractivity contribution is 6.13. The molecule has 0 radical (unpaired) electrons. The maximum absolute atomic E-state index is 9.57. The number of aromatic nitrogens is 2. The van der Waals surface area contributed by atoms with Crippen molar-refractivity contribution in [3.05, 3.63) is 54.1 Å². The third-order valence-corrected chi connectivity index (χ3v) is 3.45. The summed E-state index contributed by atoms with van der Waals surface area (Å²) in [4.78, 5) is 8.42. The molecule has 0 saturated carbocycles. The van der Waals surface area contributed by atoms with Gasteiger partial charge < -0.3 is 9.84 Å². The summed E-state index contributed by atoms with van der Waals surface area (Å²) in [5.74, 6) is 0.827. The van der Waals surface area contributed by atoms with Crippen molar-refractivity contribution in [1.29, 1.82) is 0 Å². The van der Waals surface area contributed by atoms with Gasteiger partial charge in [0.2, 0.25) is 0 Å². The molecule has 5 nitrogen and oxygen atoms in total. The zero-order valence-corrected chi connectivity index (χ0v) is 11.4. The standard InChI is InChI=1S/C14H14ClN3O2/c15-18-8-12(10-3-1-4-11(19)7-10)20-13(9-18)14-16-5-2-6-17-14/h1-7,12-13,19H,8-9H2. The van der Waals surface area contributed by atoms with Crippen molar-refractivity contribution in [3.63, 3.8) is 0 Å². The summed E-state index contributed by atoms with van der Waals surface area (Å²) in [5, 5.41) is 9.57. The lowest BCUT2D eigenvalue weighted by Crippen LogP contribution is -2.35. The number of nitrogens with zero attached hydrogens (tertiary/aromatic N) is 3. The van der Waals surface area contributed by atoms with Gasteiger partial charge in [-0.15, -0.1) is 0 Å². The summed E-state index contributed by atoms with van der Waals surface area (Å²) >= 11 is 6.18. The second-order valence-corrected chi connectivity index (χ2v) is 5.12. The van der Waals surface area contributed by atoms with E-state index in [2.05, 4.69) is 9.97 Å². The van der Waals surface area contributed by atoms with E-state index in [1.54, 1.807) is 41.1 Å². The number of hydrogen-bond donors (Lipinski definition) is 1. The highest BCUT2D eigenvalue weighted by Gasteiger charge is 2.30. The number of phenols is 1. The Morgan fingerprint density at radius 3 is 2.65 bits per heavy atom. The van der Waals surface area contributed by atoms with Gasteiger partial charge in [-0.25, -0.2) is 14.4 Å². The normalized spacial score (nSPS) is 23.6. The Labute approximate surface area is 121 Å². The molecule has 2 heterocycles. The summed E-state index contributed by atoms with van der Waals surface area (Å²) < 4.78 is 7.69. The Morgan fingerprint density at radius 1 is 1.15 bits per heavy atom. The van der Waals surface area contributed by atoms with Crippen molar-refractivity contribution in [2.45, 2.75) is 12.2 Å². The lowest BCUT2D eigenvalue weighted by Gasteiger charge is -2.33. The zero-order chi connectivity index (χ0) is 13.9. The molecule has 0 spiro atoms. The number of hydrogen-bond acceptors (Lipinski definition) is 5. The number of phenolic OH excluding ortho intramolecular Hbond substituents is 1. The lowest BCUT2D eigenvalue weighted by atomic mass is 10.1. The topological polar surface area (TPSA) is 58.5 Å². The molecule has 0 bridgehead atoms. The number of morpholine rings is 1. The molecule has 1 N–H and O–H groups in total. The average molecular weight is 292 g/mol. The van der Waals surface area contributed by atoms with Crippen LogP contribution in [0.25, 0.3) is 0 Å². The van der Waals surface area contributed by atoms with Crippen LogP contribution in [0.4, 0.5) is 0 Å². The second-order valence-electron chi connectivity index (χ2n) is 4.64. The van der Waals surface area contributed by atoms with Crippen molar-refractivity contribution in [2.24, 2.45) is 0 Å². The van der Waals surface area contributed by atoms with Crippen molar-refractivity contribution in [3.8, 4) is 5.75 Å². The Balaban J connectivity index is 1.83. The van der Waals surface area contributed by atoms with Gasteiger partial charge in [0, 0.05) is 25.5 Å². The molecule has 0 aliphatic carbocycles. The van der Waals surface area contributed by atoms with Gasteiger partial charge in [0.25, 0.3) is 0 Å². The van der Waals surface area contributed by atoms with E-state index in [1.807, 2.05) is 6.07 Å². The molecule has 3 rings (SSSR count). The fourth-order valence-corrected chi connectivity index (χ4v) is 2.50. The van der Waals surface area contributed by atoms with Gasteiger partial charge in [-0.3, -0.25) is 0 Å². The fourth-order valence-electron chi connectivity index (χ4n) is 2.25. The molecule has 1 aliphatic heterocycles. The van der Waals surface area contributed by atoms with Crippen LogP contribution in [-0.4, -0.2) is 32.6 Å². The van der Waals surface area contributed by atoms with Crippen LogP contribution < -0.4 is 0 Å². The maximum Gasteiger partial charge on any atom is 0.158 e. The van der Waals surface area contributed by atoms with E-state index in [1.165, 1.54) is 0 Å². The predicted molar refractivity (Wildman–Crippen MR) is 74.1 cm³/mol. The van der Waals surface area contributed by atoms with Gasteiger partial charge in [-0.05, 0) is 35.5 Å². The average Bonchev–Trinajstić information content (AvgIpc) is 2.47. The zero-order valence-electron chi connectivity index (χ0n) is 10.7. The van der Waals surface area contributed by atoms with Crippen molar-refractivity contribution in [1.82, 2.24) is 14.4 Å². The monoisotopic (exact) mass is 291 g/mol. The van der Waals surface area contributed by atoms with Gasteiger partial charge in [0.1, 0.15) is 11.9 Å². The van der Waals surface area contributed by atoms with E-state index in [-0.39, 0.29) is 18.0 Å². The van der Waals surface area contributed by atoms with E-state index < -0.39 is 0 Å². The molecule has 20 heavy (non-hydrogen) atoms. The summed E-state index contributed by atoms with van der Waals surface area (Å²) in [7, 11) is 0. The molecule has 1 saturated heterocycles. The molecule has 0 amide bonds. The molecule has 1 aromatic heterocycles. The first-order valence-electron chi connectivity index (χ1n) is 6.34. The SMILES string of the molecule is Oc1cccc(C2CN(Cl)CC(c3ncccn3)O2)c1. The summed E-state index contributed by atoms with van der Waals surface area (Å²) in [6.45, 7) is 1.08. The largest absolute Gasteiger partial charge is 0.508 e. The van der Waals surface area contributed by atoms with Crippen LogP contribution >= 0.6 is 11.8 Å². The lowest BCUT2D eigenvalue weighted by molar-refractivity contribution is -0.0709. The smallest absolute Gasteiger partial charge is 0.158 e. The van der Waals surface area contributed by atoms with Gasteiger partial charge in [0.15, 0.2) is 5.82 Å². The minimum atomic E-state index is -0.283. The van der Waals surface area contributed by atoms with Crippen molar-refractivity contribution < 1.29 is 9.84 Å². The highest BCUT2D eigenvalue weighted by atomic mass is 35.5. The predicted octanol–water partition coefficient (Wildman–Crippen LogP) is 2.45. The number of aromatic hydroxyl groups is 1. The van der Waals surface area contributed by atoms with Gasteiger partial charge >= 0.3 is 0 Å². The van der Waals surface area contributed by atoms with Crippen LogP contribution in [0, 0.1) is 0 Å². The fraction of sp³-hybridized carbons (Fsp3) is 0.286. The van der Waals surface area contributed by atoms with E-state index >= 15 is 0 Å². The van der Waals surface area contributed by atoms with Gasteiger partial charge in [0.05, 0.1) is 6.10 Å². The molecule has 104 valence electrons. The van der Waals surface area contributed by atoms with Crippen LogP contribution in [-0.2, 0) is 4.74 Å². The molecule has 6 heteroatoms. The number of ether oxygens (including phenoxy) is 1. The van der Waals surface area contributed by atoms with Gasteiger partial charge in [-0.2, -0.15) is 0 Å². The molecular formula is C14H14ClN3O2. The first kappa shape index (κ1) is 13.3. The Bertz CT molecular complexity index is 582. The Morgan fingerprint density at radius 2 is 1.90 bits per heavy atom. The number of rotatable bonds is 2. The summed E-state index contributed by atoms with van der Waals surface area (Å²) in [5.41, 5.74) is 0.885. The second kappa shape index (κ2) is 5.75. The minimum Gasteiger partial charge on any atom is -0.508 e. The summed E-state index contributed by atoms with van der Waals surface area (Å²) in [6, 6.07) is 8.77. The molecule has 1 aliphatic rings. The quantitative estimate of drug-likeness (QED) is 0.861. The van der Waals surface area contributed by atoms with E-state index in [4.69, 9.17) is 16.5 Å². The van der Waals surface area contributed by atoms with Crippen molar-refractivity contribution >= 4 is 11.8 Å². The van der Waals surface area contributed by atoms with Crippen LogP contribution in [0.2, 0.25) is 0 Å². The highest BCUT2D eigenvalue weighted by Crippen LogP contribution is 2.33. The molecule has 2 atom stereocenters. The first-order chi connectivity index (χ1) is 9.72. The van der Waals surface area contributed by atoms with Crippen molar-refractivity contribution in [2.75, 3.05) is 13.1 Å². The summed E-state index contributed by atoms with van der Waals surface area (Å²) in [6.07, 6.45) is 2.86. The van der Waals surface area contributed by atoms with E-state index in [9.17, 15) is 5.11 Å². The molecule has 2 unspecified atom stereocenters. The van der Waals surface area contributed by atoms with Crippen LogP contribution in [0.1, 0.15) is 23.6 Å². The maximum atomic E-state index is 9.57. The minimum absolute atomic E-state index is 0.213. The Hall–Kier alpha value is -1.69. The molecule has 1 fully saturated rings. The van der Waals surface area contributed by atoms with Gasteiger partial charge in [-0.1, -0.05) is 12.1 Å². The first-order valence-corrected chi connectivity index (χ1v) is 6.68. The van der Waals surface area contributed by atoms with Crippen LogP contribution in [0.15, 0.2) is 42.7 Å². The molecule has 2 aromatic rings. The molecular weight excluding hydrogens is 278 g/mol.